The van der Waals surface area contributed by atoms with Gasteiger partial charge in [0.05, 0.1) is 11.1 Å². The van der Waals surface area contributed by atoms with Crippen LogP contribution in [0.1, 0.15) is 11.1 Å². The number of aromatic nitrogens is 1. The highest BCUT2D eigenvalue weighted by Crippen LogP contribution is 2.15. The van der Waals surface area contributed by atoms with Crippen LogP contribution in [0.25, 0.3) is 10.9 Å². The Hall–Kier alpha value is -1.44. The van der Waals surface area contributed by atoms with Crippen LogP contribution in [0, 0.1) is 3.57 Å². The molecule has 0 radical (unpaired) electrons. The quantitative estimate of drug-likeness (QED) is 0.461. The first-order chi connectivity index (χ1) is 11.5. The first-order valence-corrected chi connectivity index (χ1v) is 9.14. The van der Waals surface area contributed by atoms with E-state index in [4.69, 9.17) is 23.8 Å². The van der Waals surface area contributed by atoms with Gasteiger partial charge in [-0.2, -0.15) is 0 Å². The fraction of sp³-hybridized carbons (Fsp3) is 0.111. The van der Waals surface area contributed by atoms with Crippen LogP contribution in [0.15, 0.2) is 53.5 Å². The van der Waals surface area contributed by atoms with Gasteiger partial charge in [-0.25, -0.2) is 0 Å². The summed E-state index contributed by atoms with van der Waals surface area (Å²) in [5.74, 6) is 0. The molecule has 3 aromatic rings. The van der Waals surface area contributed by atoms with Crippen molar-refractivity contribution in [2.45, 2.75) is 6.54 Å². The zero-order valence-electron chi connectivity index (χ0n) is 12.8. The SMILES string of the molecule is Cn1cc(C(=S)NCc2ccc(Cl)cc2)c(=O)c2cc(I)ccc21. The van der Waals surface area contributed by atoms with Gasteiger partial charge in [-0.15, -0.1) is 0 Å². The maximum atomic E-state index is 12.8. The number of nitrogens with one attached hydrogen (secondary N) is 1. The zero-order valence-corrected chi connectivity index (χ0v) is 16.6. The Bertz CT molecular complexity index is 983. The third-order valence-electron chi connectivity index (χ3n) is 3.76. The highest BCUT2D eigenvalue weighted by Gasteiger charge is 2.12. The van der Waals surface area contributed by atoms with E-state index in [0.29, 0.717) is 27.5 Å². The van der Waals surface area contributed by atoms with Crippen LogP contribution in [-0.4, -0.2) is 9.56 Å². The Morgan fingerprint density at radius 3 is 2.67 bits per heavy atom. The van der Waals surface area contributed by atoms with Crippen molar-refractivity contribution in [2.24, 2.45) is 7.05 Å². The van der Waals surface area contributed by atoms with Gasteiger partial charge in [0, 0.05) is 33.8 Å². The van der Waals surface area contributed by atoms with Gasteiger partial charge >= 0.3 is 0 Å². The van der Waals surface area contributed by atoms with E-state index in [1.165, 1.54) is 0 Å². The second-order valence-corrected chi connectivity index (χ2v) is 7.54. The molecule has 0 spiro atoms. The fourth-order valence-electron chi connectivity index (χ4n) is 2.51. The minimum atomic E-state index is -0.0461. The number of halogens is 2. The topological polar surface area (TPSA) is 34.0 Å². The van der Waals surface area contributed by atoms with Crippen molar-refractivity contribution in [2.75, 3.05) is 0 Å². The van der Waals surface area contributed by atoms with Gasteiger partial charge in [-0.3, -0.25) is 4.79 Å². The largest absolute Gasteiger partial charge is 0.372 e. The molecule has 3 nitrogen and oxygen atoms in total. The number of fused-ring (bicyclic) bond motifs is 1. The second-order valence-electron chi connectivity index (χ2n) is 5.45. The van der Waals surface area contributed by atoms with Crippen LogP contribution in [0.2, 0.25) is 5.02 Å². The summed E-state index contributed by atoms with van der Waals surface area (Å²) in [5.41, 5.74) is 2.41. The number of thiocarbonyl (C=S) groups is 1. The first kappa shape index (κ1) is 17.4. The van der Waals surface area contributed by atoms with Gasteiger partial charge in [-0.05, 0) is 58.5 Å². The van der Waals surface area contributed by atoms with E-state index in [1.807, 2.05) is 54.1 Å². The van der Waals surface area contributed by atoms with E-state index in [1.54, 1.807) is 6.20 Å². The predicted molar refractivity (Wildman–Crippen MR) is 112 cm³/mol. The Morgan fingerprint density at radius 1 is 1.25 bits per heavy atom. The maximum absolute atomic E-state index is 12.8. The minimum absolute atomic E-state index is 0.0461. The summed E-state index contributed by atoms with van der Waals surface area (Å²) >= 11 is 13.5. The van der Waals surface area contributed by atoms with Gasteiger partial charge in [0.15, 0.2) is 5.43 Å². The fourth-order valence-corrected chi connectivity index (χ4v) is 3.34. The van der Waals surface area contributed by atoms with Crippen molar-refractivity contribution in [1.29, 1.82) is 0 Å². The Morgan fingerprint density at radius 2 is 1.96 bits per heavy atom. The molecule has 0 unspecified atom stereocenters. The summed E-state index contributed by atoms with van der Waals surface area (Å²) in [4.78, 5) is 13.2. The molecule has 0 aliphatic heterocycles. The Labute approximate surface area is 163 Å². The molecule has 0 amide bonds. The lowest BCUT2D eigenvalue weighted by Gasteiger charge is -2.12. The number of hydrogen-bond acceptors (Lipinski definition) is 2. The van der Waals surface area contributed by atoms with E-state index in [0.717, 1.165) is 14.7 Å². The molecule has 122 valence electrons. The molecule has 0 atom stereocenters. The van der Waals surface area contributed by atoms with E-state index in [2.05, 4.69) is 27.9 Å². The van der Waals surface area contributed by atoms with Crippen LogP contribution in [0.3, 0.4) is 0 Å². The summed E-state index contributed by atoms with van der Waals surface area (Å²) in [6.45, 7) is 0.545. The third kappa shape index (κ3) is 3.63. The number of rotatable bonds is 3. The molecule has 0 fully saturated rings. The van der Waals surface area contributed by atoms with Crippen LogP contribution in [-0.2, 0) is 13.6 Å². The number of nitrogens with zero attached hydrogens (tertiary/aromatic N) is 1. The molecule has 0 bridgehead atoms. The average molecular weight is 469 g/mol. The molecular formula is C18H14ClIN2OS. The lowest BCUT2D eigenvalue weighted by Crippen LogP contribution is -2.28. The molecule has 6 heteroatoms. The first-order valence-electron chi connectivity index (χ1n) is 7.27. The van der Waals surface area contributed by atoms with Gasteiger partial charge in [-0.1, -0.05) is 36.0 Å². The maximum Gasteiger partial charge on any atom is 0.199 e. The van der Waals surface area contributed by atoms with E-state index in [9.17, 15) is 4.79 Å². The Kier molecular flexibility index (Phi) is 5.22. The molecule has 0 aliphatic carbocycles. The lowest BCUT2D eigenvalue weighted by atomic mass is 10.1. The predicted octanol–water partition coefficient (Wildman–Crippen LogP) is 4.26. The smallest absolute Gasteiger partial charge is 0.199 e. The third-order valence-corrected chi connectivity index (χ3v) is 5.05. The molecule has 0 saturated carbocycles. The summed E-state index contributed by atoms with van der Waals surface area (Å²) < 4.78 is 2.95. The zero-order chi connectivity index (χ0) is 17.3. The number of benzene rings is 2. The normalized spacial score (nSPS) is 10.8. The lowest BCUT2D eigenvalue weighted by molar-refractivity contribution is 0.915. The molecular weight excluding hydrogens is 455 g/mol. The van der Waals surface area contributed by atoms with Crippen molar-refractivity contribution in [3.05, 3.63) is 78.6 Å². The summed E-state index contributed by atoms with van der Waals surface area (Å²) in [5, 5.41) is 4.53. The number of pyridine rings is 1. The van der Waals surface area contributed by atoms with E-state index < -0.39 is 0 Å². The van der Waals surface area contributed by atoms with Gasteiger partial charge < -0.3 is 9.88 Å². The molecule has 0 aliphatic rings. The average Bonchev–Trinajstić information content (AvgIpc) is 2.57. The molecule has 0 saturated heterocycles. The number of hydrogen-bond donors (Lipinski definition) is 1. The highest BCUT2D eigenvalue weighted by atomic mass is 127. The molecule has 1 aromatic heterocycles. The van der Waals surface area contributed by atoms with Crippen molar-refractivity contribution < 1.29 is 0 Å². The van der Waals surface area contributed by atoms with E-state index >= 15 is 0 Å². The summed E-state index contributed by atoms with van der Waals surface area (Å²) in [7, 11) is 1.92. The standard InChI is InChI=1S/C18H14ClIN2OS/c1-22-10-15(17(23)14-8-13(20)6-7-16(14)22)18(24)21-9-11-2-4-12(19)5-3-11/h2-8,10H,9H2,1H3,(H,21,24). The van der Waals surface area contributed by atoms with Crippen molar-refractivity contribution in [3.8, 4) is 0 Å². The second kappa shape index (κ2) is 7.21. The highest BCUT2D eigenvalue weighted by molar-refractivity contribution is 14.1. The van der Waals surface area contributed by atoms with Crippen LogP contribution < -0.4 is 10.7 Å². The van der Waals surface area contributed by atoms with Crippen LogP contribution in [0.5, 0.6) is 0 Å². The molecule has 2 aromatic carbocycles. The van der Waals surface area contributed by atoms with Crippen LogP contribution in [0.4, 0.5) is 0 Å². The summed E-state index contributed by atoms with van der Waals surface area (Å²) in [6.07, 6.45) is 1.79. The Balaban J connectivity index is 1.91. The molecule has 24 heavy (non-hydrogen) atoms. The molecule has 1 N–H and O–H groups in total. The van der Waals surface area contributed by atoms with Crippen molar-refractivity contribution in [1.82, 2.24) is 9.88 Å². The molecule has 3 rings (SSSR count). The van der Waals surface area contributed by atoms with Gasteiger partial charge in [0.1, 0.15) is 4.99 Å². The van der Waals surface area contributed by atoms with Gasteiger partial charge in [0.2, 0.25) is 0 Å². The van der Waals surface area contributed by atoms with Crippen molar-refractivity contribution >= 4 is 62.3 Å². The molecule has 1 heterocycles. The van der Waals surface area contributed by atoms with Crippen molar-refractivity contribution in [3.63, 3.8) is 0 Å². The summed E-state index contributed by atoms with van der Waals surface area (Å²) in [6, 6.07) is 13.4. The number of aryl methyl sites for hydroxylation is 1. The minimum Gasteiger partial charge on any atom is -0.372 e. The monoisotopic (exact) mass is 468 g/mol. The van der Waals surface area contributed by atoms with Crippen LogP contribution >= 0.6 is 46.4 Å². The van der Waals surface area contributed by atoms with E-state index in [-0.39, 0.29) is 5.43 Å². The van der Waals surface area contributed by atoms with Gasteiger partial charge in [0.25, 0.3) is 0 Å².